The number of hydrogen-bond donors (Lipinski definition) is 1. The standard InChI is InChI=1S/C17H36N2/c1-7-9-18-17-8-10-19(11-15(17)6)12-16(13(2)3)14(4)5/h13-18H,7-12H2,1-6H3. The molecule has 114 valence electrons. The molecule has 0 aromatic carbocycles. The molecule has 0 spiro atoms. The van der Waals surface area contributed by atoms with Gasteiger partial charge in [0, 0.05) is 19.1 Å². The van der Waals surface area contributed by atoms with Crippen molar-refractivity contribution >= 4 is 0 Å². The minimum atomic E-state index is 0.743. The molecule has 2 nitrogen and oxygen atoms in total. The molecule has 2 atom stereocenters. The Morgan fingerprint density at radius 2 is 1.79 bits per heavy atom. The zero-order chi connectivity index (χ0) is 14.4. The quantitative estimate of drug-likeness (QED) is 0.758. The summed E-state index contributed by atoms with van der Waals surface area (Å²) in [6, 6.07) is 0.743. The van der Waals surface area contributed by atoms with Crippen molar-refractivity contribution in [2.75, 3.05) is 26.2 Å². The molecule has 1 aliphatic rings. The second-order valence-electron chi connectivity index (χ2n) is 7.24. The summed E-state index contributed by atoms with van der Waals surface area (Å²) in [5.41, 5.74) is 0. The average molecular weight is 268 g/mol. The molecule has 0 amide bonds. The number of nitrogens with zero attached hydrogens (tertiary/aromatic N) is 1. The van der Waals surface area contributed by atoms with Gasteiger partial charge < -0.3 is 10.2 Å². The Kier molecular flexibility index (Phi) is 7.38. The minimum Gasteiger partial charge on any atom is -0.314 e. The largest absolute Gasteiger partial charge is 0.314 e. The second kappa shape index (κ2) is 8.26. The summed E-state index contributed by atoms with van der Waals surface area (Å²) in [7, 11) is 0. The van der Waals surface area contributed by atoms with Crippen LogP contribution in [0.1, 0.15) is 54.4 Å². The Morgan fingerprint density at radius 1 is 1.16 bits per heavy atom. The number of nitrogens with one attached hydrogen (secondary N) is 1. The van der Waals surface area contributed by atoms with Crippen molar-refractivity contribution in [1.82, 2.24) is 10.2 Å². The van der Waals surface area contributed by atoms with E-state index in [1.807, 2.05) is 0 Å². The van der Waals surface area contributed by atoms with E-state index in [9.17, 15) is 0 Å². The predicted molar refractivity (Wildman–Crippen MR) is 85.5 cm³/mol. The van der Waals surface area contributed by atoms with Crippen molar-refractivity contribution in [2.45, 2.75) is 60.4 Å². The van der Waals surface area contributed by atoms with Crippen molar-refractivity contribution in [3.05, 3.63) is 0 Å². The molecular weight excluding hydrogens is 232 g/mol. The number of rotatable bonds is 7. The van der Waals surface area contributed by atoms with Crippen LogP contribution in [0.5, 0.6) is 0 Å². The number of likely N-dealkylation sites (tertiary alicyclic amines) is 1. The molecule has 1 fully saturated rings. The first kappa shape index (κ1) is 17.0. The van der Waals surface area contributed by atoms with Crippen molar-refractivity contribution in [2.24, 2.45) is 23.7 Å². The Labute approximate surface area is 121 Å². The van der Waals surface area contributed by atoms with Gasteiger partial charge in [0.1, 0.15) is 0 Å². The van der Waals surface area contributed by atoms with Gasteiger partial charge in [0.15, 0.2) is 0 Å². The summed E-state index contributed by atoms with van der Waals surface area (Å²) >= 11 is 0. The summed E-state index contributed by atoms with van der Waals surface area (Å²) < 4.78 is 0. The number of piperidine rings is 1. The van der Waals surface area contributed by atoms with E-state index in [1.54, 1.807) is 0 Å². The molecule has 0 aliphatic carbocycles. The molecule has 1 aliphatic heterocycles. The van der Waals surface area contributed by atoms with Crippen LogP contribution >= 0.6 is 0 Å². The van der Waals surface area contributed by atoms with Gasteiger partial charge in [-0.1, -0.05) is 41.5 Å². The summed E-state index contributed by atoms with van der Waals surface area (Å²) in [6.45, 7) is 19.2. The van der Waals surface area contributed by atoms with E-state index in [2.05, 4.69) is 51.8 Å². The highest BCUT2D eigenvalue weighted by Crippen LogP contribution is 2.25. The number of hydrogen-bond acceptors (Lipinski definition) is 2. The highest BCUT2D eigenvalue weighted by molar-refractivity contribution is 4.84. The van der Waals surface area contributed by atoms with Gasteiger partial charge in [-0.25, -0.2) is 0 Å². The van der Waals surface area contributed by atoms with Crippen LogP contribution in [0.2, 0.25) is 0 Å². The predicted octanol–water partition coefficient (Wildman–Crippen LogP) is 3.62. The van der Waals surface area contributed by atoms with Crippen molar-refractivity contribution < 1.29 is 0 Å². The Balaban J connectivity index is 2.42. The van der Waals surface area contributed by atoms with Gasteiger partial charge in [0.2, 0.25) is 0 Å². The third-order valence-electron chi connectivity index (χ3n) is 4.83. The summed E-state index contributed by atoms with van der Waals surface area (Å²) in [4.78, 5) is 2.71. The van der Waals surface area contributed by atoms with E-state index in [1.165, 1.54) is 39.0 Å². The van der Waals surface area contributed by atoms with Gasteiger partial charge in [-0.2, -0.15) is 0 Å². The van der Waals surface area contributed by atoms with Crippen molar-refractivity contribution in [3.63, 3.8) is 0 Å². The molecule has 1 rings (SSSR count). The molecule has 2 heteroatoms. The zero-order valence-corrected chi connectivity index (χ0v) is 14.1. The lowest BCUT2D eigenvalue weighted by atomic mass is 9.84. The topological polar surface area (TPSA) is 15.3 Å². The van der Waals surface area contributed by atoms with Gasteiger partial charge in [-0.05, 0) is 49.6 Å². The van der Waals surface area contributed by atoms with E-state index in [-0.39, 0.29) is 0 Å². The highest BCUT2D eigenvalue weighted by atomic mass is 15.2. The van der Waals surface area contributed by atoms with Crippen LogP contribution in [0.4, 0.5) is 0 Å². The van der Waals surface area contributed by atoms with Crippen LogP contribution in [-0.2, 0) is 0 Å². The van der Waals surface area contributed by atoms with Crippen LogP contribution in [0.3, 0.4) is 0 Å². The lowest BCUT2D eigenvalue weighted by Gasteiger charge is -2.40. The maximum atomic E-state index is 3.71. The smallest absolute Gasteiger partial charge is 0.0117 e. The molecule has 2 unspecified atom stereocenters. The van der Waals surface area contributed by atoms with Crippen molar-refractivity contribution in [1.29, 1.82) is 0 Å². The van der Waals surface area contributed by atoms with Crippen LogP contribution in [-0.4, -0.2) is 37.1 Å². The van der Waals surface area contributed by atoms with E-state index in [0.29, 0.717) is 0 Å². The van der Waals surface area contributed by atoms with Gasteiger partial charge in [-0.15, -0.1) is 0 Å². The first-order valence-corrected chi connectivity index (χ1v) is 8.41. The van der Waals surface area contributed by atoms with Crippen LogP contribution in [0.15, 0.2) is 0 Å². The molecule has 1 heterocycles. The first-order valence-electron chi connectivity index (χ1n) is 8.41. The SMILES string of the molecule is CCCNC1CCN(CC(C(C)C)C(C)C)CC1C. The molecule has 0 aromatic heterocycles. The fourth-order valence-electron chi connectivity index (χ4n) is 3.52. The van der Waals surface area contributed by atoms with Gasteiger partial charge in [-0.3, -0.25) is 0 Å². The van der Waals surface area contributed by atoms with Crippen molar-refractivity contribution in [3.8, 4) is 0 Å². The van der Waals surface area contributed by atoms with Gasteiger partial charge in [0.05, 0.1) is 0 Å². The van der Waals surface area contributed by atoms with E-state index >= 15 is 0 Å². The van der Waals surface area contributed by atoms with Crippen LogP contribution < -0.4 is 5.32 Å². The summed E-state index contributed by atoms with van der Waals surface area (Å²) in [5.74, 6) is 3.23. The summed E-state index contributed by atoms with van der Waals surface area (Å²) in [6.07, 6.45) is 2.57. The molecule has 0 radical (unpaired) electrons. The average Bonchev–Trinajstić information content (AvgIpc) is 2.34. The van der Waals surface area contributed by atoms with Gasteiger partial charge in [0.25, 0.3) is 0 Å². The fourth-order valence-corrected chi connectivity index (χ4v) is 3.52. The fraction of sp³-hybridized carbons (Fsp3) is 1.00. The van der Waals surface area contributed by atoms with E-state index in [4.69, 9.17) is 0 Å². The molecule has 0 saturated carbocycles. The van der Waals surface area contributed by atoms with E-state index < -0.39 is 0 Å². The Bertz CT molecular complexity index is 229. The molecule has 19 heavy (non-hydrogen) atoms. The maximum absolute atomic E-state index is 3.71. The molecule has 0 aromatic rings. The van der Waals surface area contributed by atoms with Crippen LogP contribution in [0.25, 0.3) is 0 Å². The lowest BCUT2D eigenvalue weighted by Crippen LogP contribution is -2.50. The zero-order valence-electron chi connectivity index (χ0n) is 14.1. The van der Waals surface area contributed by atoms with Crippen LogP contribution in [0, 0.1) is 23.7 Å². The Hall–Kier alpha value is -0.0800. The third-order valence-corrected chi connectivity index (χ3v) is 4.83. The molecule has 1 saturated heterocycles. The highest BCUT2D eigenvalue weighted by Gasteiger charge is 2.28. The minimum absolute atomic E-state index is 0.743. The summed E-state index contributed by atoms with van der Waals surface area (Å²) in [5, 5.41) is 3.71. The van der Waals surface area contributed by atoms with E-state index in [0.717, 1.165) is 29.7 Å². The van der Waals surface area contributed by atoms with Gasteiger partial charge >= 0.3 is 0 Å². The molecule has 0 bridgehead atoms. The first-order chi connectivity index (χ1) is 8.95. The Morgan fingerprint density at radius 3 is 2.26 bits per heavy atom. The normalized spacial score (nSPS) is 25.7. The second-order valence-corrected chi connectivity index (χ2v) is 7.24. The maximum Gasteiger partial charge on any atom is 0.0117 e. The molecule has 1 N–H and O–H groups in total. The lowest BCUT2D eigenvalue weighted by molar-refractivity contribution is 0.102. The molecular formula is C17H36N2. The third kappa shape index (κ3) is 5.43. The monoisotopic (exact) mass is 268 g/mol.